The van der Waals surface area contributed by atoms with Gasteiger partial charge in [0, 0.05) is 33.6 Å². The number of hydrogen-bond acceptors (Lipinski definition) is 6. The van der Waals surface area contributed by atoms with Gasteiger partial charge in [-0.3, -0.25) is 14.0 Å². The van der Waals surface area contributed by atoms with Crippen LogP contribution in [-0.2, 0) is 14.3 Å². The third-order valence-electron chi connectivity index (χ3n) is 6.00. The number of ether oxygens (including phenoxy) is 1. The number of unbranched alkanes of at least 4 members (excludes halogenated alkanes) is 4. The van der Waals surface area contributed by atoms with Crippen molar-refractivity contribution in [3.63, 3.8) is 0 Å². The minimum atomic E-state index is -0.258. The molecular formula is C26H32BI2N4O3V. The molecule has 0 aliphatic carbocycles. The number of aromatic nitrogens is 2. The summed E-state index contributed by atoms with van der Waals surface area (Å²) in [6, 6.07) is 9.10. The van der Waals surface area contributed by atoms with Gasteiger partial charge in [0.15, 0.2) is 5.43 Å². The summed E-state index contributed by atoms with van der Waals surface area (Å²) in [6.45, 7) is 3.73. The molecule has 0 aliphatic heterocycles. The molecule has 0 spiro atoms. The van der Waals surface area contributed by atoms with Crippen LogP contribution in [0.1, 0.15) is 45.4 Å². The van der Waals surface area contributed by atoms with E-state index >= 15 is 0 Å². The Hall–Kier alpha value is -1.08. The molecule has 196 valence electrons. The molecular weight excluding hydrogens is 732 g/mol. The van der Waals surface area contributed by atoms with Crippen molar-refractivity contribution in [3.05, 3.63) is 46.9 Å². The van der Waals surface area contributed by atoms with E-state index in [0.29, 0.717) is 32.4 Å². The van der Waals surface area contributed by atoms with Crippen LogP contribution in [0, 0.1) is 0 Å². The van der Waals surface area contributed by atoms with Crippen molar-refractivity contribution >= 4 is 87.3 Å². The fourth-order valence-corrected chi connectivity index (χ4v) is 4.24. The number of imidazole rings is 1. The molecule has 0 amide bonds. The second-order valence-electron chi connectivity index (χ2n) is 8.91. The molecule has 0 fully saturated rings. The number of hydrogen-bond donors (Lipinski definition) is 1. The number of likely N-dealkylation sites (N-methyl/N-ethyl adjacent to an activating group) is 1. The van der Waals surface area contributed by atoms with Crippen molar-refractivity contribution in [2.75, 3.05) is 32.5 Å². The van der Waals surface area contributed by atoms with Crippen LogP contribution in [0.5, 0.6) is 5.75 Å². The first kappa shape index (κ1) is 32.1. The summed E-state index contributed by atoms with van der Waals surface area (Å²) < 4.78 is 7.50. The number of carbonyl (C=O) groups excluding carboxylic acids is 1. The Labute approximate surface area is 249 Å². The zero-order valence-corrected chi connectivity index (χ0v) is 27.2. The van der Waals surface area contributed by atoms with E-state index in [0.717, 1.165) is 54.6 Å². The van der Waals surface area contributed by atoms with Crippen molar-refractivity contribution in [2.24, 2.45) is 0 Å². The standard InChI is InChI=1S/C26H32N4O3.B.2HI.V/c1-4-5-6-7-8-9-23(31)33-18-10-13-22-19(16-18)26(32)24-20(27-14-15-29(2)3)11-12-21-25(24)30(22)17-28-21;;;;/h10-13,16-17,27H,4-9,14-15H2,1-3H3;;2*1H;/q;;;;+2/p-2. The number of fused-ring (bicyclic) bond motifs is 2. The number of nitrogens with one attached hydrogen (secondary N) is 1. The Morgan fingerprint density at radius 3 is 2.57 bits per heavy atom. The zero-order chi connectivity index (χ0) is 26.1. The molecule has 0 aliphatic rings. The Kier molecular flexibility index (Phi) is 14.0. The van der Waals surface area contributed by atoms with Gasteiger partial charge in [-0.2, -0.15) is 0 Å². The molecule has 0 saturated heterocycles. The van der Waals surface area contributed by atoms with E-state index < -0.39 is 0 Å². The van der Waals surface area contributed by atoms with Crippen LogP contribution in [0.15, 0.2) is 41.5 Å². The van der Waals surface area contributed by atoms with Gasteiger partial charge in [-0.15, -0.1) is 0 Å². The van der Waals surface area contributed by atoms with E-state index in [1.54, 1.807) is 18.5 Å². The van der Waals surface area contributed by atoms with Crippen LogP contribution in [0.25, 0.3) is 27.3 Å². The van der Waals surface area contributed by atoms with Crippen molar-refractivity contribution in [1.82, 2.24) is 14.3 Å². The number of anilines is 1. The van der Waals surface area contributed by atoms with E-state index in [9.17, 15) is 9.59 Å². The molecule has 37 heavy (non-hydrogen) atoms. The molecule has 7 nitrogen and oxygen atoms in total. The zero-order valence-electron chi connectivity index (χ0n) is 21.5. The quantitative estimate of drug-likeness (QED) is 0.0500. The molecule has 1 N–H and O–H groups in total. The summed E-state index contributed by atoms with van der Waals surface area (Å²) in [5.41, 5.74) is 3.03. The molecule has 4 aromatic rings. The van der Waals surface area contributed by atoms with Gasteiger partial charge in [-0.25, -0.2) is 4.98 Å². The average Bonchev–Trinajstić information content (AvgIpc) is 3.27. The van der Waals surface area contributed by atoms with Gasteiger partial charge >= 0.3 is 55.4 Å². The first-order valence-corrected chi connectivity index (χ1v) is 21.1. The molecule has 2 aromatic heterocycles. The fourth-order valence-electron chi connectivity index (χ4n) is 4.24. The molecule has 11 heteroatoms. The van der Waals surface area contributed by atoms with Crippen molar-refractivity contribution in [1.29, 1.82) is 0 Å². The SMILES string of the molecule is CCCCCCCC(=O)Oc1ccc2c(c1)c(=O)c1c(NCCN(C)C)ccc3ncn2c31.[B].[I][V][I]. The van der Waals surface area contributed by atoms with Crippen LogP contribution in [0.4, 0.5) is 5.69 Å². The third kappa shape index (κ3) is 8.45. The monoisotopic (exact) mass is 764 g/mol. The summed E-state index contributed by atoms with van der Waals surface area (Å²) in [5.74, 6) is 0.143. The number of nitrogens with zero attached hydrogens (tertiary/aromatic N) is 3. The number of halogens is 2. The van der Waals surface area contributed by atoms with Crippen LogP contribution in [0.3, 0.4) is 0 Å². The summed E-state index contributed by atoms with van der Waals surface area (Å²) in [6.07, 6.45) is 7.49. The van der Waals surface area contributed by atoms with Crippen molar-refractivity contribution < 1.29 is 19.0 Å². The Morgan fingerprint density at radius 1 is 1.14 bits per heavy atom. The second-order valence-corrected chi connectivity index (χ2v) is 20.7. The third-order valence-corrected chi connectivity index (χ3v) is 6.00. The fraction of sp³-hybridized carbons (Fsp3) is 0.423. The first-order chi connectivity index (χ1) is 17.4. The maximum atomic E-state index is 13.6. The van der Waals surface area contributed by atoms with Crippen molar-refractivity contribution in [2.45, 2.75) is 45.4 Å². The summed E-state index contributed by atoms with van der Waals surface area (Å²) >= 11 is 4.74. The van der Waals surface area contributed by atoms with Gasteiger partial charge in [0.1, 0.15) is 12.1 Å². The van der Waals surface area contributed by atoms with Gasteiger partial charge in [0.25, 0.3) is 0 Å². The predicted octanol–water partition coefficient (Wildman–Crippen LogP) is 6.07. The minimum absolute atomic E-state index is 0. The Balaban J connectivity index is 0.00000115. The number of benzene rings is 2. The Morgan fingerprint density at radius 2 is 1.86 bits per heavy atom. The molecule has 2 heterocycles. The van der Waals surface area contributed by atoms with Crippen LogP contribution < -0.4 is 15.5 Å². The van der Waals surface area contributed by atoms with E-state index in [1.165, 1.54) is 12.8 Å². The predicted molar refractivity (Wildman–Crippen MR) is 168 cm³/mol. The number of carbonyl (C=O) groups is 1. The molecule has 0 bridgehead atoms. The summed E-state index contributed by atoms with van der Waals surface area (Å²) in [5, 5.41) is 4.51. The molecule has 0 atom stereocenters. The van der Waals surface area contributed by atoms with Crippen LogP contribution in [0.2, 0.25) is 0 Å². The van der Waals surface area contributed by atoms with E-state index in [2.05, 4.69) is 62.1 Å². The van der Waals surface area contributed by atoms with Gasteiger partial charge in [-0.1, -0.05) is 32.6 Å². The summed E-state index contributed by atoms with van der Waals surface area (Å²) in [4.78, 5) is 32.5. The average molecular weight is 764 g/mol. The Bertz CT molecular complexity index is 1350. The van der Waals surface area contributed by atoms with Crippen molar-refractivity contribution in [3.8, 4) is 5.75 Å². The van der Waals surface area contributed by atoms with Gasteiger partial charge in [-0.05, 0) is 50.8 Å². The molecule has 3 radical (unpaired) electrons. The van der Waals surface area contributed by atoms with Gasteiger partial charge < -0.3 is 15.0 Å². The van der Waals surface area contributed by atoms with Crippen LogP contribution >= 0.6 is 40.0 Å². The molecule has 0 saturated carbocycles. The maximum absolute atomic E-state index is 13.6. The molecule has 4 rings (SSSR count). The van der Waals surface area contributed by atoms with Gasteiger partial charge in [0.05, 0.1) is 27.3 Å². The molecule has 2 aromatic carbocycles. The first-order valence-electron chi connectivity index (χ1n) is 12.1. The topological polar surface area (TPSA) is 75.9 Å². The number of pyridine rings is 1. The van der Waals surface area contributed by atoms with Crippen LogP contribution in [-0.4, -0.2) is 55.9 Å². The number of rotatable bonds is 11. The normalized spacial score (nSPS) is 10.9. The molecule has 0 unspecified atom stereocenters. The second kappa shape index (κ2) is 16.1. The summed E-state index contributed by atoms with van der Waals surface area (Å²) in [7, 11) is 4.65. The number of esters is 1. The van der Waals surface area contributed by atoms with E-state index in [-0.39, 0.29) is 19.8 Å². The van der Waals surface area contributed by atoms with Gasteiger partial charge in [0.2, 0.25) is 0 Å². The van der Waals surface area contributed by atoms with E-state index in [1.807, 2.05) is 36.7 Å². The van der Waals surface area contributed by atoms with E-state index in [4.69, 9.17) is 4.74 Å².